The fourth-order valence-electron chi connectivity index (χ4n) is 5.35. The van der Waals surface area contributed by atoms with E-state index in [1.165, 1.54) is 31.4 Å². The number of aryl methyl sites for hydroxylation is 1. The Kier molecular flexibility index (Phi) is 4.58. The van der Waals surface area contributed by atoms with E-state index in [0.29, 0.717) is 11.5 Å². The second-order valence-corrected chi connectivity index (χ2v) is 8.65. The average molecular weight is 367 g/mol. The molecule has 0 saturated carbocycles. The Morgan fingerprint density at radius 3 is 2.70 bits per heavy atom. The Morgan fingerprint density at radius 1 is 1.11 bits per heavy atom. The summed E-state index contributed by atoms with van der Waals surface area (Å²) in [5, 5.41) is 0. The zero-order valence-corrected chi connectivity index (χ0v) is 16.3. The van der Waals surface area contributed by atoms with Crippen molar-refractivity contribution in [3.8, 4) is 0 Å². The minimum Gasteiger partial charge on any atom is -0.465 e. The molecule has 0 aliphatic carbocycles. The van der Waals surface area contributed by atoms with E-state index in [-0.39, 0.29) is 0 Å². The summed E-state index contributed by atoms with van der Waals surface area (Å²) in [5.41, 5.74) is 3.44. The maximum Gasteiger partial charge on any atom is 0.118 e. The molecule has 4 heterocycles. The molecule has 4 nitrogen and oxygen atoms in total. The summed E-state index contributed by atoms with van der Waals surface area (Å²) in [6.45, 7) is 9.34. The van der Waals surface area contributed by atoms with Crippen molar-refractivity contribution in [1.29, 1.82) is 0 Å². The molecule has 0 radical (unpaired) electrons. The summed E-state index contributed by atoms with van der Waals surface area (Å²) in [4.78, 5) is 5.27. The van der Waals surface area contributed by atoms with Gasteiger partial charge in [-0.1, -0.05) is 24.3 Å². The highest BCUT2D eigenvalue weighted by molar-refractivity contribution is 5.38. The molecule has 1 unspecified atom stereocenters. The largest absolute Gasteiger partial charge is 0.465 e. The lowest BCUT2D eigenvalue weighted by atomic mass is 9.68. The van der Waals surface area contributed by atoms with Crippen molar-refractivity contribution < 1.29 is 9.15 Å². The molecule has 2 fully saturated rings. The van der Waals surface area contributed by atoms with E-state index < -0.39 is 0 Å². The standard InChI is InChI=1S/C23H30N2O2/c1-18-6-7-21(27-18)15-24-11-9-23(10-12-24)17-25(20-8-13-26-16-20)14-19-4-2-3-5-22(19)23/h2-7,20H,8-17H2,1H3. The molecule has 2 saturated heterocycles. The molecule has 1 aromatic heterocycles. The Hall–Kier alpha value is -1.62. The zero-order chi connectivity index (χ0) is 18.3. The van der Waals surface area contributed by atoms with Crippen LogP contribution in [-0.2, 0) is 23.2 Å². The number of likely N-dealkylation sites (tertiary alicyclic amines) is 1. The maximum absolute atomic E-state index is 5.80. The number of ether oxygens (including phenoxy) is 1. The topological polar surface area (TPSA) is 28.9 Å². The second-order valence-electron chi connectivity index (χ2n) is 8.65. The van der Waals surface area contributed by atoms with E-state index in [0.717, 1.165) is 50.9 Å². The molecule has 2 aromatic rings. The van der Waals surface area contributed by atoms with Crippen LogP contribution in [0.1, 0.15) is 41.9 Å². The molecule has 5 rings (SSSR count). The SMILES string of the molecule is Cc1ccc(CN2CCC3(CC2)CN(C2CCOC2)Cc2ccccc23)o1. The Bertz CT molecular complexity index is 785. The smallest absolute Gasteiger partial charge is 0.118 e. The van der Waals surface area contributed by atoms with E-state index in [4.69, 9.17) is 9.15 Å². The molecule has 0 bridgehead atoms. The minimum atomic E-state index is 0.299. The van der Waals surface area contributed by atoms with Gasteiger partial charge in [0.05, 0.1) is 13.2 Å². The van der Waals surface area contributed by atoms with Crippen LogP contribution in [0.25, 0.3) is 0 Å². The highest BCUT2D eigenvalue weighted by atomic mass is 16.5. The van der Waals surface area contributed by atoms with Crippen LogP contribution in [0.4, 0.5) is 0 Å². The summed E-state index contributed by atoms with van der Waals surface area (Å²) >= 11 is 0. The Balaban J connectivity index is 1.34. The van der Waals surface area contributed by atoms with E-state index in [2.05, 4.69) is 46.2 Å². The number of nitrogens with zero attached hydrogens (tertiary/aromatic N) is 2. The van der Waals surface area contributed by atoms with Crippen LogP contribution < -0.4 is 0 Å². The molecule has 0 amide bonds. The van der Waals surface area contributed by atoms with Crippen LogP contribution in [0.3, 0.4) is 0 Å². The van der Waals surface area contributed by atoms with Gasteiger partial charge in [-0.25, -0.2) is 0 Å². The second kappa shape index (κ2) is 7.08. The minimum absolute atomic E-state index is 0.299. The summed E-state index contributed by atoms with van der Waals surface area (Å²) in [6, 6.07) is 14.0. The van der Waals surface area contributed by atoms with Gasteiger partial charge in [0.1, 0.15) is 11.5 Å². The third-order valence-electron chi connectivity index (χ3n) is 6.88. The van der Waals surface area contributed by atoms with Gasteiger partial charge in [0, 0.05) is 31.2 Å². The van der Waals surface area contributed by atoms with Gasteiger partial charge in [-0.15, -0.1) is 0 Å². The van der Waals surface area contributed by atoms with E-state index in [1.807, 2.05) is 6.92 Å². The number of hydrogen-bond acceptors (Lipinski definition) is 4. The van der Waals surface area contributed by atoms with E-state index in [9.17, 15) is 0 Å². The van der Waals surface area contributed by atoms with Gasteiger partial charge in [-0.3, -0.25) is 9.80 Å². The predicted molar refractivity (Wildman–Crippen MR) is 106 cm³/mol. The molecule has 27 heavy (non-hydrogen) atoms. The lowest BCUT2D eigenvalue weighted by Gasteiger charge is -2.50. The van der Waals surface area contributed by atoms with Crippen LogP contribution >= 0.6 is 0 Å². The van der Waals surface area contributed by atoms with Crippen LogP contribution in [0.2, 0.25) is 0 Å². The van der Waals surface area contributed by atoms with Crippen molar-refractivity contribution in [2.45, 2.75) is 50.7 Å². The quantitative estimate of drug-likeness (QED) is 0.828. The first kappa shape index (κ1) is 17.5. The molecule has 1 atom stereocenters. The third kappa shape index (κ3) is 3.35. The number of benzene rings is 1. The lowest BCUT2D eigenvalue weighted by molar-refractivity contribution is 0.0620. The van der Waals surface area contributed by atoms with E-state index in [1.54, 1.807) is 5.56 Å². The number of fused-ring (bicyclic) bond motifs is 2. The Morgan fingerprint density at radius 2 is 1.96 bits per heavy atom. The fraction of sp³-hybridized carbons (Fsp3) is 0.565. The zero-order valence-electron chi connectivity index (χ0n) is 16.3. The van der Waals surface area contributed by atoms with Gasteiger partial charge in [0.2, 0.25) is 0 Å². The monoisotopic (exact) mass is 366 g/mol. The molecule has 144 valence electrons. The van der Waals surface area contributed by atoms with Crippen molar-refractivity contribution in [3.63, 3.8) is 0 Å². The first-order chi connectivity index (χ1) is 13.2. The molecular formula is C23H30N2O2. The van der Waals surface area contributed by atoms with Gasteiger partial charge >= 0.3 is 0 Å². The van der Waals surface area contributed by atoms with Crippen molar-refractivity contribution >= 4 is 0 Å². The first-order valence-electron chi connectivity index (χ1n) is 10.4. The molecule has 0 N–H and O–H groups in total. The number of hydrogen-bond donors (Lipinski definition) is 0. The van der Waals surface area contributed by atoms with Crippen LogP contribution in [0.5, 0.6) is 0 Å². The summed E-state index contributed by atoms with van der Waals surface area (Å²) in [6.07, 6.45) is 3.64. The normalized spacial score (nSPS) is 25.7. The van der Waals surface area contributed by atoms with Gasteiger partial charge in [-0.05, 0) is 62.5 Å². The molecule has 1 spiro atoms. The Labute approximate surface area is 162 Å². The summed E-state index contributed by atoms with van der Waals surface area (Å²) in [7, 11) is 0. The highest BCUT2D eigenvalue weighted by Crippen LogP contribution is 2.43. The van der Waals surface area contributed by atoms with Crippen LogP contribution in [0, 0.1) is 6.92 Å². The maximum atomic E-state index is 5.80. The fourth-order valence-corrected chi connectivity index (χ4v) is 5.35. The predicted octanol–water partition coefficient (Wildman–Crippen LogP) is 3.73. The van der Waals surface area contributed by atoms with Crippen molar-refractivity contribution in [1.82, 2.24) is 9.80 Å². The first-order valence-corrected chi connectivity index (χ1v) is 10.4. The van der Waals surface area contributed by atoms with Crippen molar-refractivity contribution in [2.24, 2.45) is 0 Å². The third-order valence-corrected chi connectivity index (χ3v) is 6.88. The van der Waals surface area contributed by atoms with E-state index >= 15 is 0 Å². The molecule has 3 aliphatic heterocycles. The summed E-state index contributed by atoms with van der Waals surface area (Å²) in [5.74, 6) is 2.10. The molecule has 1 aromatic carbocycles. The summed E-state index contributed by atoms with van der Waals surface area (Å²) < 4.78 is 11.5. The van der Waals surface area contributed by atoms with Crippen LogP contribution in [-0.4, -0.2) is 48.7 Å². The lowest BCUT2D eigenvalue weighted by Crippen LogP contribution is -2.54. The number of piperidine rings is 1. The molecule has 3 aliphatic rings. The molecule has 4 heteroatoms. The van der Waals surface area contributed by atoms with Gasteiger partial charge < -0.3 is 9.15 Å². The van der Waals surface area contributed by atoms with Gasteiger partial charge in [0.25, 0.3) is 0 Å². The highest BCUT2D eigenvalue weighted by Gasteiger charge is 2.43. The number of furan rings is 1. The average Bonchev–Trinajstić information content (AvgIpc) is 3.36. The number of rotatable bonds is 3. The molecular weight excluding hydrogens is 336 g/mol. The van der Waals surface area contributed by atoms with Crippen LogP contribution in [0.15, 0.2) is 40.8 Å². The van der Waals surface area contributed by atoms with Crippen molar-refractivity contribution in [2.75, 3.05) is 32.8 Å². The van der Waals surface area contributed by atoms with Gasteiger partial charge in [-0.2, -0.15) is 0 Å². The van der Waals surface area contributed by atoms with Crippen molar-refractivity contribution in [3.05, 3.63) is 59.0 Å². The van der Waals surface area contributed by atoms with Gasteiger partial charge in [0.15, 0.2) is 0 Å².